The van der Waals surface area contributed by atoms with Gasteiger partial charge in [-0.15, -0.1) is 5.10 Å². The SMILES string of the molecule is Cc1c([C@H]2CN3CCN(C(=O)C4CCc5nc(-n6cnnn6)ccc54)C[C@H]3CO2)ccc2c1COC2=O. The normalized spacial score (nSPS) is 24.9. The number of hydrogen-bond donors (Lipinski definition) is 0. The lowest BCUT2D eigenvalue weighted by Gasteiger charge is -2.46. The number of aryl methyl sites for hydroxylation is 1. The Kier molecular flexibility index (Phi) is 5.29. The van der Waals surface area contributed by atoms with E-state index in [0.29, 0.717) is 37.7 Å². The van der Waals surface area contributed by atoms with E-state index in [-0.39, 0.29) is 29.9 Å². The molecule has 0 spiro atoms. The van der Waals surface area contributed by atoms with Crippen LogP contribution in [0.2, 0.25) is 0 Å². The maximum absolute atomic E-state index is 13.6. The van der Waals surface area contributed by atoms with Crippen molar-refractivity contribution in [2.75, 3.05) is 32.8 Å². The van der Waals surface area contributed by atoms with Gasteiger partial charge in [-0.25, -0.2) is 9.78 Å². The minimum absolute atomic E-state index is 0.0540. The Morgan fingerprint density at radius 1 is 1.11 bits per heavy atom. The number of morpholine rings is 1. The quantitative estimate of drug-likeness (QED) is 0.491. The number of hydrogen-bond acceptors (Lipinski definition) is 9. The summed E-state index contributed by atoms with van der Waals surface area (Å²) in [5, 5.41) is 11.3. The first kappa shape index (κ1) is 22.5. The second kappa shape index (κ2) is 8.70. The third-order valence-corrected chi connectivity index (χ3v) is 8.28. The Morgan fingerprint density at radius 3 is 2.86 bits per heavy atom. The van der Waals surface area contributed by atoms with Crippen LogP contribution >= 0.6 is 0 Å². The van der Waals surface area contributed by atoms with Crippen LogP contribution in [-0.2, 0) is 27.3 Å². The van der Waals surface area contributed by atoms with Crippen molar-refractivity contribution in [3.8, 4) is 5.82 Å². The predicted molar refractivity (Wildman–Crippen MR) is 129 cm³/mol. The average Bonchev–Trinajstić information content (AvgIpc) is 3.68. The molecule has 3 aromatic rings. The minimum Gasteiger partial charge on any atom is -0.457 e. The second-order valence-electron chi connectivity index (χ2n) is 10.2. The van der Waals surface area contributed by atoms with Crippen molar-refractivity contribution in [3.05, 3.63) is 64.1 Å². The predicted octanol–water partition coefficient (Wildman–Crippen LogP) is 1.35. The number of esters is 1. The lowest BCUT2D eigenvalue weighted by molar-refractivity contribution is -0.141. The summed E-state index contributed by atoms with van der Waals surface area (Å²) in [6.07, 6.45) is 3.01. The summed E-state index contributed by atoms with van der Waals surface area (Å²) in [7, 11) is 0. The van der Waals surface area contributed by atoms with Gasteiger partial charge in [0.15, 0.2) is 5.82 Å². The van der Waals surface area contributed by atoms with Gasteiger partial charge in [0.2, 0.25) is 5.91 Å². The molecule has 0 saturated carbocycles. The summed E-state index contributed by atoms with van der Waals surface area (Å²) in [5.74, 6) is 0.436. The third-order valence-electron chi connectivity index (χ3n) is 8.28. The van der Waals surface area contributed by atoms with Crippen molar-refractivity contribution < 1.29 is 19.1 Å². The standard InChI is InChI=1S/C26H27N7O4/c1-15-17(2-3-20-21(15)13-37-26(20)35)23-11-31-8-9-32(10-16(31)12-36-23)25(34)19-4-6-22-18(19)5-7-24(28-22)33-14-27-29-30-33/h2-3,5,7,14,16,19,23H,4,6,8-13H2,1H3/t16-,19?,23+/m0/s1. The van der Waals surface area contributed by atoms with Crippen molar-refractivity contribution in [3.63, 3.8) is 0 Å². The van der Waals surface area contributed by atoms with Gasteiger partial charge in [-0.2, -0.15) is 4.68 Å². The molecular weight excluding hydrogens is 474 g/mol. The van der Waals surface area contributed by atoms with E-state index in [1.165, 1.54) is 11.0 Å². The summed E-state index contributed by atoms with van der Waals surface area (Å²) in [6.45, 7) is 5.91. The summed E-state index contributed by atoms with van der Waals surface area (Å²) >= 11 is 0. The molecule has 0 N–H and O–H groups in total. The molecule has 1 aliphatic carbocycles. The highest BCUT2D eigenvalue weighted by Crippen LogP contribution is 2.36. The highest BCUT2D eigenvalue weighted by molar-refractivity contribution is 5.94. The smallest absolute Gasteiger partial charge is 0.338 e. The number of carbonyl (C=O) groups is 2. The molecule has 2 aromatic heterocycles. The molecule has 3 aliphatic heterocycles. The van der Waals surface area contributed by atoms with Crippen molar-refractivity contribution >= 4 is 11.9 Å². The van der Waals surface area contributed by atoms with Crippen molar-refractivity contribution in [1.29, 1.82) is 0 Å². The van der Waals surface area contributed by atoms with Gasteiger partial charge in [-0.1, -0.05) is 12.1 Å². The first-order chi connectivity index (χ1) is 18.1. The van der Waals surface area contributed by atoms with Crippen molar-refractivity contribution in [1.82, 2.24) is 35.0 Å². The van der Waals surface area contributed by atoms with Crippen LogP contribution in [0.4, 0.5) is 0 Å². The van der Waals surface area contributed by atoms with Gasteiger partial charge < -0.3 is 14.4 Å². The van der Waals surface area contributed by atoms with E-state index < -0.39 is 0 Å². The third kappa shape index (κ3) is 3.72. The van der Waals surface area contributed by atoms with E-state index in [4.69, 9.17) is 14.5 Å². The van der Waals surface area contributed by atoms with E-state index in [0.717, 1.165) is 53.9 Å². The van der Waals surface area contributed by atoms with E-state index >= 15 is 0 Å². The Hall–Kier alpha value is -3.70. The summed E-state index contributed by atoms with van der Waals surface area (Å²) in [6, 6.07) is 7.91. The number of aromatic nitrogens is 5. The van der Waals surface area contributed by atoms with Gasteiger partial charge in [-0.3, -0.25) is 9.69 Å². The summed E-state index contributed by atoms with van der Waals surface area (Å²) in [4.78, 5) is 34.6. The van der Waals surface area contributed by atoms with Crippen molar-refractivity contribution in [2.45, 2.75) is 44.4 Å². The number of carbonyl (C=O) groups excluding carboxylic acids is 2. The highest BCUT2D eigenvalue weighted by atomic mass is 16.5. The largest absolute Gasteiger partial charge is 0.457 e. The van der Waals surface area contributed by atoms with Crippen LogP contribution in [0.15, 0.2) is 30.6 Å². The Bertz CT molecular complexity index is 1390. The van der Waals surface area contributed by atoms with Gasteiger partial charge in [0.25, 0.3) is 0 Å². The number of fused-ring (bicyclic) bond motifs is 3. The zero-order valence-corrected chi connectivity index (χ0v) is 20.5. The van der Waals surface area contributed by atoms with Gasteiger partial charge >= 0.3 is 5.97 Å². The first-order valence-electron chi connectivity index (χ1n) is 12.7. The number of amides is 1. The fourth-order valence-electron chi connectivity index (χ4n) is 6.21. The van der Waals surface area contributed by atoms with E-state index in [1.54, 1.807) is 0 Å². The van der Waals surface area contributed by atoms with Crippen LogP contribution in [0, 0.1) is 6.92 Å². The Labute approximate surface area is 213 Å². The first-order valence-corrected chi connectivity index (χ1v) is 12.7. The zero-order chi connectivity index (χ0) is 25.1. The van der Waals surface area contributed by atoms with Crippen molar-refractivity contribution in [2.24, 2.45) is 0 Å². The second-order valence-corrected chi connectivity index (χ2v) is 10.2. The topological polar surface area (TPSA) is 116 Å². The van der Waals surface area contributed by atoms with Crippen LogP contribution in [0.25, 0.3) is 5.82 Å². The number of tetrazole rings is 1. The van der Waals surface area contributed by atoms with Gasteiger partial charge in [0.1, 0.15) is 12.9 Å². The molecular formula is C26H27N7O4. The monoisotopic (exact) mass is 501 g/mol. The maximum Gasteiger partial charge on any atom is 0.338 e. The van der Waals surface area contributed by atoms with Gasteiger partial charge in [0.05, 0.1) is 30.2 Å². The lowest BCUT2D eigenvalue weighted by Crippen LogP contribution is -2.60. The van der Waals surface area contributed by atoms with E-state index in [2.05, 4.69) is 20.4 Å². The molecule has 7 rings (SSSR count). The number of piperazine rings is 1. The van der Waals surface area contributed by atoms with Gasteiger partial charge in [0, 0.05) is 37.4 Å². The van der Waals surface area contributed by atoms with Crippen LogP contribution in [0.5, 0.6) is 0 Å². The summed E-state index contributed by atoms with van der Waals surface area (Å²) < 4.78 is 13.1. The number of pyridine rings is 1. The molecule has 1 unspecified atom stereocenters. The highest BCUT2D eigenvalue weighted by Gasteiger charge is 2.40. The number of rotatable bonds is 3. The molecule has 2 fully saturated rings. The fourth-order valence-corrected chi connectivity index (χ4v) is 6.21. The molecule has 190 valence electrons. The molecule has 4 aliphatic rings. The molecule has 37 heavy (non-hydrogen) atoms. The maximum atomic E-state index is 13.6. The van der Waals surface area contributed by atoms with Gasteiger partial charge in [-0.05, 0) is 59.0 Å². The number of nitrogens with zero attached hydrogens (tertiary/aromatic N) is 7. The number of benzene rings is 1. The Balaban J connectivity index is 1.02. The summed E-state index contributed by atoms with van der Waals surface area (Å²) in [5.41, 5.74) is 5.80. The molecule has 3 atom stereocenters. The fraction of sp³-hybridized carbons (Fsp3) is 0.462. The molecule has 11 nitrogen and oxygen atoms in total. The minimum atomic E-state index is -0.247. The molecule has 5 heterocycles. The number of cyclic esters (lactones) is 1. The van der Waals surface area contributed by atoms with E-state index in [9.17, 15) is 9.59 Å². The molecule has 11 heteroatoms. The molecule has 2 saturated heterocycles. The average molecular weight is 502 g/mol. The van der Waals surface area contributed by atoms with Crippen LogP contribution < -0.4 is 0 Å². The zero-order valence-electron chi connectivity index (χ0n) is 20.5. The molecule has 1 amide bonds. The Morgan fingerprint density at radius 2 is 2.00 bits per heavy atom. The van der Waals surface area contributed by atoms with Crippen LogP contribution in [-0.4, -0.2) is 85.7 Å². The lowest BCUT2D eigenvalue weighted by atomic mass is 9.93. The molecule has 0 bridgehead atoms. The number of ether oxygens (including phenoxy) is 2. The van der Waals surface area contributed by atoms with Crippen LogP contribution in [0.3, 0.4) is 0 Å². The van der Waals surface area contributed by atoms with Crippen LogP contribution in [0.1, 0.15) is 56.7 Å². The molecule has 1 aromatic carbocycles. The molecule has 0 radical (unpaired) electrons. The van der Waals surface area contributed by atoms with E-state index in [1.807, 2.05) is 36.1 Å².